The van der Waals surface area contributed by atoms with Crippen molar-refractivity contribution in [1.82, 2.24) is 0 Å². The molecule has 0 amide bonds. The standard InChI is InChI=1S/C22H28FNO2/c1-26-21-12-11-18(15-20(21)23)22(25)19(17-9-5-4-6-10-17)16-24-13-7-2-3-8-14-24/h4-6,9-12,15,19,22,25H,2-3,7-8,13-14,16H2,1H3/p+1/t19-,22+/m1/s1. The summed E-state index contributed by atoms with van der Waals surface area (Å²) in [6, 6.07) is 14.9. The average molecular weight is 358 g/mol. The van der Waals surface area contributed by atoms with Gasteiger partial charge in [0.2, 0.25) is 0 Å². The van der Waals surface area contributed by atoms with Gasteiger partial charge in [-0.15, -0.1) is 0 Å². The summed E-state index contributed by atoms with van der Waals surface area (Å²) in [6.45, 7) is 3.15. The summed E-state index contributed by atoms with van der Waals surface area (Å²) in [6.07, 6.45) is 4.33. The molecule has 1 heterocycles. The second-order valence-electron chi connectivity index (χ2n) is 7.22. The third kappa shape index (κ3) is 4.63. The Labute approximate surface area is 155 Å². The van der Waals surface area contributed by atoms with Crippen LogP contribution in [0.5, 0.6) is 5.75 Å². The lowest BCUT2D eigenvalue weighted by molar-refractivity contribution is -0.901. The highest BCUT2D eigenvalue weighted by Gasteiger charge is 2.28. The van der Waals surface area contributed by atoms with Crippen LogP contribution in [0.25, 0.3) is 0 Å². The van der Waals surface area contributed by atoms with Gasteiger partial charge in [0.15, 0.2) is 11.6 Å². The van der Waals surface area contributed by atoms with E-state index in [2.05, 4.69) is 12.1 Å². The molecule has 2 N–H and O–H groups in total. The minimum Gasteiger partial charge on any atom is -0.494 e. The van der Waals surface area contributed by atoms with Gasteiger partial charge in [-0.05, 0) is 48.9 Å². The third-order valence-corrected chi connectivity index (χ3v) is 5.45. The fourth-order valence-electron chi connectivity index (χ4n) is 3.95. The summed E-state index contributed by atoms with van der Waals surface area (Å²) in [5.41, 5.74) is 1.71. The van der Waals surface area contributed by atoms with Crippen LogP contribution in [0.15, 0.2) is 48.5 Å². The first-order valence-electron chi connectivity index (χ1n) is 9.59. The number of hydrogen-bond acceptors (Lipinski definition) is 2. The van der Waals surface area contributed by atoms with E-state index in [1.54, 1.807) is 12.1 Å². The van der Waals surface area contributed by atoms with Gasteiger partial charge in [-0.3, -0.25) is 0 Å². The Hall–Kier alpha value is -1.91. The molecule has 2 aromatic rings. The van der Waals surface area contributed by atoms with Crippen LogP contribution < -0.4 is 9.64 Å². The van der Waals surface area contributed by atoms with Crippen molar-refractivity contribution in [1.29, 1.82) is 0 Å². The lowest BCUT2D eigenvalue weighted by Gasteiger charge is -2.28. The molecule has 0 unspecified atom stereocenters. The molecule has 26 heavy (non-hydrogen) atoms. The van der Waals surface area contributed by atoms with Crippen LogP contribution >= 0.6 is 0 Å². The Kier molecular flexibility index (Phi) is 6.64. The van der Waals surface area contributed by atoms with Gasteiger partial charge in [-0.2, -0.15) is 0 Å². The van der Waals surface area contributed by atoms with E-state index in [9.17, 15) is 9.50 Å². The highest BCUT2D eigenvalue weighted by atomic mass is 19.1. The lowest BCUT2D eigenvalue weighted by atomic mass is 9.88. The molecular weight excluding hydrogens is 329 g/mol. The number of methoxy groups -OCH3 is 1. The summed E-state index contributed by atoms with van der Waals surface area (Å²) in [4.78, 5) is 1.53. The van der Waals surface area contributed by atoms with Crippen LogP contribution in [0.3, 0.4) is 0 Å². The first kappa shape index (κ1) is 18.9. The predicted octanol–water partition coefficient (Wildman–Crippen LogP) is 3.11. The van der Waals surface area contributed by atoms with Crippen molar-refractivity contribution < 1.29 is 19.1 Å². The Morgan fingerprint density at radius 2 is 1.69 bits per heavy atom. The number of likely N-dealkylation sites (tertiary alicyclic amines) is 1. The zero-order chi connectivity index (χ0) is 18.4. The number of quaternary nitrogens is 1. The normalized spacial score (nSPS) is 18.1. The van der Waals surface area contributed by atoms with Gasteiger partial charge in [0.05, 0.1) is 38.8 Å². The molecule has 3 rings (SSSR count). The number of nitrogens with one attached hydrogen (secondary N) is 1. The van der Waals surface area contributed by atoms with E-state index in [-0.39, 0.29) is 11.7 Å². The van der Waals surface area contributed by atoms with Gasteiger partial charge in [0.25, 0.3) is 0 Å². The van der Waals surface area contributed by atoms with Crippen molar-refractivity contribution in [2.45, 2.75) is 37.7 Å². The molecule has 0 spiro atoms. The second kappa shape index (κ2) is 9.15. The van der Waals surface area contributed by atoms with Crippen molar-refractivity contribution in [3.05, 3.63) is 65.5 Å². The summed E-state index contributed by atoms with van der Waals surface area (Å²) in [5, 5.41) is 11.1. The molecule has 2 aromatic carbocycles. The van der Waals surface area contributed by atoms with Gasteiger partial charge in [0, 0.05) is 0 Å². The number of hydrogen-bond donors (Lipinski definition) is 2. The van der Waals surface area contributed by atoms with Crippen LogP contribution in [0.1, 0.15) is 48.8 Å². The van der Waals surface area contributed by atoms with Crippen LogP contribution in [-0.4, -0.2) is 31.9 Å². The minimum atomic E-state index is -0.742. The zero-order valence-electron chi connectivity index (χ0n) is 15.5. The Morgan fingerprint density at radius 3 is 2.31 bits per heavy atom. The molecule has 1 fully saturated rings. The van der Waals surface area contributed by atoms with Crippen LogP contribution in [-0.2, 0) is 0 Å². The number of rotatable bonds is 6. The highest BCUT2D eigenvalue weighted by Crippen LogP contribution is 2.32. The first-order chi connectivity index (χ1) is 12.7. The maximum absolute atomic E-state index is 14.1. The Morgan fingerprint density at radius 1 is 1.00 bits per heavy atom. The maximum atomic E-state index is 14.1. The molecule has 0 aliphatic carbocycles. The number of ether oxygens (including phenoxy) is 1. The Bertz CT molecular complexity index is 684. The summed E-state index contributed by atoms with van der Waals surface area (Å²) in [5.74, 6) is -0.287. The largest absolute Gasteiger partial charge is 0.494 e. The van der Waals surface area contributed by atoms with E-state index >= 15 is 0 Å². The van der Waals surface area contributed by atoms with E-state index in [1.165, 1.54) is 43.8 Å². The SMILES string of the molecule is COc1ccc([C@H](O)[C@H](C[NH+]2CCCCCC2)c2ccccc2)cc1F. The molecule has 2 atom stereocenters. The van der Waals surface area contributed by atoms with Gasteiger partial charge < -0.3 is 14.7 Å². The number of aliphatic hydroxyl groups is 1. The summed E-state index contributed by atoms with van der Waals surface area (Å²) in [7, 11) is 1.45. The van der Waals surface area contributed by atoms with Crippen molar-refractivity contribution >= 4 is 0 Å². The maximum Gasteiger partial charge on any atom is 0.165 e. The van der Waals surface area contributed by atoms with Gasteiger partial charge >= 0.3 is 0 Å². The van der Waals surface area contributed by atoms with E-state index in [0.717, 1.165) is 25.2 Å². The smallest absolute Gasteiger partial charge is 0.165 e. The van der Waals surface area contributed by atoms with Crippen molar-refractivity contribution in [2.24, 2.45) is 0 Å². The molecule has 1 aliphatic heterocycles. The molecule has 1 saturated heterocycles. The van der Waals surface area contributed by atoms with Gasteiger partial charge in [-0.25, -0.2) is 4.39 Å². The third-order valence-electron chi connectivity index (χ3n) is 5.45. The molecular formula is C22H29FNO2+. The van der Waals surface area contributed by atoms with Crippen molar-refractivity contribution in [3.8, 4) is 5.75 Å². The fraction of sp³-hybridized carbons (Fsp3) is 0.455. The van der Waals surface area contributed by atoms with Crippen LogP contribution in [0.2, 0.25) is 0 Å². The number of aliphatic hydroxyl groups excluding tert-OH is 1. The molecule has 0 saturated carbocycles. The van der Waals surface area contributed by atoms with E-state index in [4.69, 9.17) is 4.74 Å². The predicted molar refractivity (Wildman–Crippen MR) is 101 cm³/mol. The molecule has 4 heteroatoms. The molecule has 0 radical (unpaired) electrons. The van der Waals surface area contributed by atoms with E-state index in [1.807, 2.05) is 18.2 Å². The summed E-state index contributed by atoms with van der Waals surface area (Å²) < 4.78 is 19.1. The number of benzene rings is 2. The second-order valence-corrected chi connectivity index (χ2v) is 7.22. The molecule has 140 valence electrons. The van der Waals surface area contributed by atoms with Gasteiger partial charge in [-0.1, -0.05) is 36.4 Å². The molecule has 1 aliphatic rings. The van der Waals surface area contributed by atoms with Crippen LogP contribution in [0, 0.1) is 5.82 Å². The van der Waals surface area contributed by atoms with Crippen molar-refractivity contribution in [3.63, 3.8) is 0 Å². The first-order valence-corrected chi connectivity index (χ1v) is 9.59. The highest BCUT2D eigenvalue weighted by molar-refractivity contribution is 5.33. The molecule has 3 nitrogen and oxygen atoms in total. The van der Waals surface area contributed by atoms with Gasteiger partial charge in [0.1, 0.15) is 0 Å². The Balaban J connectivity index is 1.85. The topological polar surface area (TPSA) is 33.9 Å². The molecule has 0 aromatic heterocycles. The van der Waals surface area contributed by atoms with Crippen molar-refractivity contribution in [2.75, 3.05) is 26.7 Å². The zero-order valence-corrected chi connectivity index (χ0v) is 15.5. The molecule has 0 bridgehead atoms. The monoisotopic (exact) mass is 358 g/mol. The minimum absolute atomic E-state index is 0.0582. The number of halogens is 1. The fourth-order valence-corrected chi connectivity index (χ4v) is 3.95. The summed E-state index contributed by atoms with van der Waals surface area (Å²) >= 11 is 0. The van der Waals surface area contributed by atoms with Crippen LogP contribution in [0.4, 0.5) is 4.39 Å². The average Bonchev–Trinajstić information content (AvgIpc) is 2.95. The van der Waals surface area contributed by atoms with E-state index < -0.39 is 11.9 Å². The quantitative estimate of drug-likeness (QED) is 0.832. The van der Waals surface area contributed by atoms with E-state index in [0.29, 0.717) is 5.56 Å². The lowest BCUT2D eigenvalue weighted by Crippen LogP contribution is -3.12.